The zero-order chi connectivity index (χ0) is 13.7. The van der Waals surface area contributed by atoms with Gasteiger partial charge in [0, 0.05) is 17.2 Å². The minimum atomic E-state index is -1.82. The van der Waals surface area contributed by atoms with Crippen molar-refractivity contribution in [3.8, 4) is 0 Å². The van der Waals surface area contributed by atoms with Gasteiger partial charge in [0.05, 0.1) is 0 Å². The van der Waals surface area contributed by atoms with Crippen LogP contribution in [-0.2, 0) is 16.0 Å². The molecule has 0 saturated heterocycles. The highest BCUT2D eigenvalue weighted by Crippen LogP contribution is 2.39. The van der Waals surface area contributed by atoms with Crippen LogP contribution in [0.3, 0.4) is 0 Å². The number of hydrogen-bond donors (Lipinski definition) is 5. The largest absolute Gasteiger partial charge is 0.473 e. The second-order valence-electron chi connectivity index (χ2n) is 3.89. The fourth-order valence-corrected chi connectivity index (χ4v) is 1.51. The summed E-state index contributed by atoms with van der Waals surface area (Å²) in [7, 11) is 0. The molecule has 0 unspecified atom stereocenters. The van der Waals surface area contributed by atoms with Crippen LogP contribution in [-0.4, -0.2) is 38.9 Å². The maximum atomic E-state index is 11.2. The van der Waals surface area contributed by atoms with Crippen LogP contribution in [0.1, 0.15) is 30.0 Å². The molecule has 0 aromatic carbocycles. The van der Waals surface area contributed by atoms with Crippen LogP contribution in [0.25, 0.3) is 0 Å². The highest BCUT2D eigenvalue weighted by molar-refractivity contribution is 6.27. The van der Waals surface area contributed by atoms with Gasteiger partial charge in [-0.25, -0.2) is 9.59 Å². The molecule has 0 amide bonds. The Morgan fingerprint density at radius 1 is 1.22 bits per heavy atom. The molecule has 1 heterocycles. The summed E-state index contributed by atoms with van der Waals surface area (Å²) >= 11 is 0. The van der Waals surface area contributed by atoms with Crippen molar-refractivity contribution in [1.29, 1.82) is 0 Å². The average molecular weight is 257 g/mol. The summed E-state index contributed by atoms with van der Waals surface area (Å²) in [6, 6.07) is 0. The molecule has 1 aliphatic rings. The summed E-state index contributed by atoms with van der Waals surface area (Å²) in [4.78, 5) is 29.4. The van der Waals surface area contributed by atoms with Gasteiger partial charge in [0.25, 0.3) is 5.56 Å². The van der Waals surface area contributed by atoms with Crippen molar-refractivity contribution in [3.63, 3.8) is 0 Å². The summed E-state index contributed by atoms with van der Waals surface area (Å²) in [6.45, 7) is 0.542. The van der Waals surface area contributed by atoms with E-state index < -0.39 is 11.9 Å². The third kappa shape index (κ3) is 3.74. The summed E-state index contributed by atoms with van der Waals surface area (Å²) < 4.78 is 0. The Bertz CT molecular complexity index is 474. The lowest BCUT2D eigenvalue weighted by atomic mass is 10.1. The Balaban J connectivity index is 0.000000232. The molecule has 8 nitrogen and oxygen atoms in total. The SMILES string of the molecule is NCCc1c(C2CC2)[nH][nH]c1=O.O=C(O)C(=O)O. The van der Waals surface area contributed by atoms with Gasteiger partial charge in [-0.1, -0.05) is 0 Å². The number of nitrogens with one attached hydrogen (secondary N) is 2. The maximum Gasteiger partial charge on any atom is 0.414 e. The molecular weight excluding hydrogens is 242 g/mol. The van der Waals surface area contributed by atoms with Crippen molar-refractivity contribution < 1.29 is 19.8 Å². The van der Waals surface area contributed by atoms with Crippen LogP contribution < -0.4 is 11.3 Å². The quantitative estimate of drug-likeness (QED) is 0.449. The molecule has 0 bridgehead atoms. The highest BCUT2D eigenvalue weighted by atomic mass is 16.4. The molecule has 2 rings (SSSR count). The zero-order valence-corrected chi connectivity index (χ0v) is 9.60. The molecule has 1 aromatic heterocycles. The van der Waals surface area contributed by atoms with Crippen molar-refractivity contribution in [2.45, 2.75) is 25.2 Å². The van der Waals surface area contributed by atoms with Crippen LogP contribution in [0.4, 0.5) is 0 Å². The first-order chi connectivity index (χ1) is 8.47. The number of H-pyrrole nitrogens is 2. The predicted octanol–water partition coefficient (Wildman–Crippen LogP) is -0.763. The molecule has 18 heavy (non-hydrogen) atoms. The number of nitrogens with two attached hydrogens (primary N) is 1. The monoisotopic (exact) mass is 257 g/mol. The third-order valence-corrected chi connectivity index (χ3v) is 2.47. The number of rotatable bonds is 3. The van der Waals surface area contributed by atoms with E-state index in [0.29, 0.717) is 18.9 Å². The number of aliphatic carboxylic acids is 2. The van der Waals surface area contributed by atoms with Gasteiger partial charge >= 0.3 is 11.9 Å². The van der Waals surface area contributed by atoms with Crippen LogP contribution >= 0.6 is 0 Å². The highest BCUT2D eigenvalue weighted by Gasteiger charge is 2.28. The van der Waals surface area contributed by atoms with Crippen LogP contribution in [0.15, 0.2) is 4.79 Å². The van der Waals surface area contributed by atoms with Crippen molar-refractivity contribution in [2.24, 2.45) is 5.73 Å². The Hall–Kier alpha value is -2.09. The Kier molecular flexibility index (Phi) is 4.67. The average Bonchev–Trinajstić information content (AvgIpc) is 3.08. The lowest BCUT2D eigenvalue weighted by Crippen LogP contribution is -2.12. The van der Waals surface area contributed by atoms with E-state index in [9.17, 15) is 4.79 Å². The Morgan fingerprint density at radius 3 is 2.17 bits per heavy atom. The molecule has 0 atom stereocenters. The number of carboxylic acids is 2. The minimum absolute atomic E-state index is 0.00218. The van der Waals surface area contributed by atoms with Crippen molar-refractivity contribution in [1.82, 2.24) is 10.2 Å². The molecule has 0 spiro atoms. The number of carbonyl (C=O) groups is 2. The molecule has 1 saturated carbocycles. The van der Waals surface area contributed by atoms with Crippen molar-refractivity contribution >= 4 is 11.9 Å². The lowest BCUT2D eigenvalue weighted by Gasteiger charge is -1.96. The number of carboxylic acid groups (broad SMARTS) is 2. The van der Waals surface area contributed by atoms with E-state index in [-0.39, 0.29) is 5.56 Å². The molecule has 0 radical (unpaired) electrons. The molecule has 100 valence electrons. The Morgan fingerprint density at radius 2 is 1.78 bits per heavy atom. The summed E-state index contributed by atoms with van der Waals surface area (Å²) in [5.41, 5.74) is 7.36. The van der Waals surface area contributed by atoms with Crippen molar-refractivity contribution in [2.75, 3.05) is 6.54 Å². The number of hydrogen-bond acceptors (Lipinski definition) is 4. The van der Waals surface area contributed by atoms with E-state index in [1.807, 2.05) is 0 Å². The molecule has 8 heteroatoms. The first-order valence-electron chi connectivity index (χ1n) is 5.43. The first kappa shape index (κ1) is 14.0. The molecule has 1 aromatic rings. The van der Waals surface area contributed by atoms with Crippen LogP contribution in [0.2, 0.25) is 0 Å². The number of aromatic nitrogens is 2. The van der Waals surface area contributed by atoms with E-state index in [1.165, 1.54) is 12.8 Å². The second-order valence-corrected chi connectivity index (χ2v) is 3.89. The van der Waals surface area contributed by atoms with E-state index >= 15 is 0 Å². The lowest BCUT2D eigenvalue weighted by molar-refractivity contribution is -0.159. The fourth-order valence-electron chi connectivity index (χ4n) is 1.51. The van der Waals surface area contributed by atoms with Gasteiger partial charge in [-0.15, -0.1) is 0 Å². The van der Waals surface area contributed by atoms with E-state index in [1.54, 1.807) is 0 Å². The smallest absolute Gasteiger partial charge is 0.414 e. The number of aromatic amines is 2. The van der Waals surface area contributed by atoms with Gasteiger partial charge in [0.15, 0.2) is 0 Å². The van der Waals surface area contributed by atoms with Gasteiger partial charge in [-0.05, 0) is 25.8 Å². The van der Waals surface area contributed by atoms with Gasteiger partial charge in [0.2, 0.25) is 0 Å². The molecule has 0 aliphatic heterocycles. The third-order valence-electron chi connectivity index (χ3n) is 2.47. The summed E-state index contributed by atoms with van der Waals surface area (Å²) in [5.74, 6) is -3.06. The van der Waals surface area contributed by atoms with E-state index in [2.05, 4.69) is 10.2 Å². The van der Waals surface area contributed by atoms with E-state index in [4.69, 9.17) is 25.5 Å². The van der Waals surface area contributed by atoms with Crippen molar-refractivity contribution in [3.05, 3.63) is 21.6 Å². The molecular formula is C10H15N3O5. The van der Waals surface area contributed by atoms with Gasteiger partial charge in [-0.2, -0.15) is 0 Å². The standard InChI is InChI=1S/C8H13N3O.C2H2O4/c9-4-3-6-7(5-1-2-5)10-11-8(6)12;3-1(4)2(5)6/h5H,1-4,9H2,(H2,10,11,12);(H,3,4)(H,5,6). The second kappa shape index (κ2) is 6.01. The minimum Gasteiger partial charge on any atom is -0.473 e. The van der Waals surface area contributed by atoms with Gasteiger partial charge in [-0.3, -0.25) is 9.89 Å². The van der Waals surface area contributed by atoms with Gasteiger partial charge < -0.3 is 21.0 Å². The summed E-state index contributed by atoms with van der Waals surface area (Å²) in [6.07, 6.45) is 3.08. The van der Waals surface area contributed by atoms with E-state index in [0.717, 1.165) is 11.3 Å². The van der Waals surface area contributed by atoms with Crippen LogP contribution in [0.5, 0.6) is 0 Å². The normalized spacial score (nSPS) is 13.6. The van der Waals surface area contributed by atoms with Gasteiger partial charge in [0.1, 0.15) is 0 Å². The first-order valence-corrected chi connectivity index (χ1v) is 5.43. The summed E-state index contributed by atoms with van der Waals surface area (Å²) in [5, 5.41) is 20.3. The predicted molar refractivity (Wildman–Crippen MR) is 61.4 cm³/mol. The fraction of sp³-hybridized carbons (Fsp3) is 0.500. The molecule has 6 N–H and O–H groups in total. The molecule has 1 fully saturated rings. The zero-order valence-electron chi connectivity index (χ0n) is 9.60. The topological polar surface area (TPSA) is 149 Å². The maximum absolute atomic E-state index is 11.2. The Labute approximate surface area is 102 Å². The van der Waals surface area contributed by atoms with Crippen LogP contribution in [0, 0.1) is 0 Å². The molecule has 1 aliphatic carbocycles.